The summed E-state index contributed by atoms with van der Waals surface area (Å²) in [7, 11) is 4.38. The minimum Gasteiger partial charge on any atom is -0.496 e. The quantitative estimate of drug-likeness (QED) is 0.914. The minimum absolute atomic E-state index is 0.0609. The van der Waals surface area contributed by atoms with E-state index in [0.717, 1.165) is 0 Å². The summed E-state index contributed by atoms with van der Waals surface area (Å²) in [6.07, 6.45) is 0. The first-order chi connectivity index (χ1) is 9.06. The normalized spacial score (nSPS) is 14.3. The number of rotatable bonds is 3. The second-order valence-corrected chi connectivity index (χ2v) is 4.20. The lowest BCUT2D eigenvalue weighted by Gasteiger charge is -2.21. The summed E-state index contributed by atoms with van der Waals surface area (Å²) in [4.78, 5) is 24.6. The topological polar surface area (TPSA) is 64.6 Å². The van der Waals surface area contributed by atoms with Crippen molar-refractivity contribution in [2.24, 2.45) is 0 Å². The molecule has 6 heteroatoms. The number of halogens is 1. The molecule has 0 saturated heterocycles. The Labute approximate surface area is 115 Å². The average molecular weight is 282 g/mol. The number of nitrogens with one attached hydrogen (secondary N) is 1. The first kappa shape index (κ1) is 13.4. The van der Waals surface area contributed by atoms with E-state index in [1.165, 1.54) is 21.3 Å². The fourth-order valence-electron chi connectivity index (χ4n) is 2.03. The molecule has 0 saturated carbocycles. The molecule has 0 amide bonds. The van der Waals surface area contributed by atoms with E-state index in [1.54, 1.807) is 12.1 Å². The lowest BCUT2D eigenvalue weighted by atomic mass is 9.90. The second kappa shape index (κ2) is 4.93. The van der Waals surface area contributed by atoms with Crippen LogP contribution in [-0.2, 0) is 0 Å². The van der Waals surface area contributed by atoms with Crippen LogP contribution in [0.15, 0.2) is 22.9 Å². The number of methoxy groups -OCH3 is 2. The predicted octanol–water partition coefficient (Wildman–Crippen LogP) is 1.75. The molecule has 0 radical (unpaired) electrons. The number of Topliss-reactive ketones (excluding diaryl/α,β-unsaturated/α-hetero) is 2. The van der Waals surface area contributed by atoms with Crippen molar-refractivity contribution in [3.05, 3.63) is 34.0 Å². The molecule has 0 fully saturated rings. The number of benzene rings is 1. The third-order valence-corrected chi connectivity index (χ3v) is 3.28. The van der Waals surface area contributed by atoms with Crippen LogP contribution in [0, 0.1) is 0 Å². The van der Waals surface area contributed by atoms with Crippen LogP contribution < -0.4 is 14.8 Å². The summed E-state index contributed by atoms with van der Waals surface area (Å²) in [5, 5.41) is 2.50. The Balaban J connectivity index is 2.80. The molecule has 5 nitrogen and oxygen atoms in total. The van der Waals surface area contributed by atoms with Gasteiger partial charge in [0, 0.05) is 7.05 Å². The van der Waals surface area contributed by atoms with Crippen LogP contribution in [0.25, 0.3) is 0 Å². The second-order valence-electron chi connectivity index (χ2n) is 3.82. The molecule has 0 spiro atoms. The molecule has 1 aliphatic rings. The van der Waals surface area contributed by atoms with Crippen molar-refractivity contribution in [1.29, 1.82) is 0 Å². The van der Waals surface area contributed by atoms with Gasteiger partial charge < -0.3 is 14.8 Å². The van der Waals surface area contributed by atoms with E-state index in [0.29, 0.717) is 11.5 Å². The summed E-state index contributed by atoms with van der Waals surface area (Å²) in [6, 6.07) is 3.15. The van der Waals surface area contributed by atoms with Crippen LogP contribution in [0.4, 0.5) is 0 Å². The number of ether oxygens (including phenoxy) is 2. The molecule has 1 aromatic rings. The number of hydrogen-bond donors (Lipinski definition) is 1. The molecule has 0 aliphatic heterocycles. The molecule has 1 aliphatic carbocycles. The number of carbonyl (C=O) groups excluding carboxylic acids is 2. The van der Waals surface area contributed by atoms with Gasteiger partial charge in [-0.05, 0) is 12.1 Å². The zero-order valence-electron chi connectivity index (χ0n) is 10.7. The molecular weight excluding hydrogens is 270 g/mol. The molecule has 0 heterocycles. The number of hydrogen-bond acceptors (Lipinski definition) is 5. The average Bonchev–Trinajstić information content (AvgIpc) is 2.43. The molecule has 1 aromatic carbocycles. The first-order valence-electron chi connectivity index (χ1n) is 5.48. The molecule has 2 rings (SSSR count). The van der Waals surface area contributed by atoms with E-state index in [1.807, 2.05) is 0 Å². The van der Waals surface area contributed by atoms with Gasteiger partial charge in [0.25, 0.3) is 0 Å². The third-order valence-electron chi connectivity index (χ3n) is 2.92. The number of likely N-dealkylation sites (N-methyl/N-ethyl adjacent to an activating group) is 1. The van der Waals surface area contributed by atoms with Crippen molar-refractivity contribution >= 4 is 23.2 Å². The maximum atomic E-state index is 12.4. The van der Waals surface area contributed by atoms with Gasteiger partial charge in [-0.3, -0.25) is 9.59 Å². The minimum atomic E-state index is -0.462. The Kier molecular flexibility index (Phi) is 3.48. The number of ketones is 2. The van der Waals surface area contributed by atoms with Gasteiger partial charge in [0.05, 0.1) is 25.3 Å². The number of allylic oxidation sites excluding steroid dienone is 2. The van der Waals surface area contributed by atoms with E-state index in [9.17, 15) is 9.59 Å². The maximum Gasteiger partial charge on any atom is 0.215 e. The Morgan fingerprint density at radius 3 is 1.89 bits per heavy atom. The molecule has 0 atom stereocenters. The van der Waals surface area contributed by atoms with E-state index >= 15 is 0 Å². The van der Waals surface area contributed by atoms with Gasteiger partial charge in [-0.15, -0.1) is 0 Å². The van der Waals surface area contributed by atoms with Gasteiger partial charge in [-0.1, -0.05) is 11.6 Å². The van der Waals surface area contributed by atoms with Crippen LogP contribution in [-0.4, -0.2) is 32.8 Å². The number of fused-ring (bicyclic) bond motifs is 1. The Morgan fingerprint density at radius 1 is 1.00 bits per heavy atom. The van der Waals surface area contributed by atoms with E-state index < -0.39 is 11.6 Å². The molecule has 100 valence electrons. The van der Waals surface area contributed by atoms with Crippen molar-refractivity contribution in [2.45, 2.75) is 0 Å². The Morgan fingerprint density at radius 2 is 1.47 bits per heavy atom. The molecule has 1 N–H and O–H groups in total. The van der Waals surface area contributed by atoms with Gasteiger partial charge in [0.1, 0.15) is 22.2 Å². The fourth-order valence-corrected chi connectivity index (χ4v) is 2.30. The van der Waals surface area contributed by atoms with Gasteiger partial charge in [0.15, 0.2) is 0 Å². The molecule has 0 unspecified atom stereocenters. The molecule has 19 heavy (non-hydrogen) atoms. The first-order valence-corrected chi connectivity index (χ1v) is 5.86. The van der Waals surface area contributed by atoms with Crippen LogP contribution in [0.2, 0.25) is 0 Å². The SMILES string of the molecule is CNC1=C(Cl)C(=O)c2c(OC)ccc(OC)c2C1=O. The van der Waals surface area contributed by atoms with Crippen LogP contribution in [0.5, 0.6) is 11.5 Å². The Bertz CT molecular complexity index is 607. The highest BCUT2D eigenvalue weighted by molar-refractivity contribution is 6.50. The fraction of sp³-hybridized carbons (Fsp3) is 0.231. The zero-order valence-corrected chi connectivity index (χ0v) is 11.4. The van der Waals surface area contributed by atoms with Gasteiger partial charge in [-0.2, -0.15) is 0 Å². The summed E-state index contributed by atoms with van der Waals surface area (Å²) in [6.45, 7) is 0. The monoisotopic (exact) mass is 281 g/mol. The highest BCUT2D eigenvalue weighted by Gasteiger charge is 2.36. The van der Waals surface area contributed by atoms with E-state index in [-0.39, 0.29) is 21.9 Å². The highest BCUT2D eigenvalue weighted by atomic mass is 35.5. The van der Waals surface area contributed by atoms with E-state index in [2.05, 4.69) is 5.32 Å². The van der Waals surface area contributed by atoms with Crippen molar-refractivity contribution in [3.8, 4) is 11.5 Å². The Hall–Kier alpha value is -2.01. The molecule has 0 aromatic heterocycles. The zero-order chi connectivity index (χ0) is 14.2. The summed E-state index contributed by atoms with van der Waals surface area (Å²) < 4.78 is 10.3. The van der Waals surface area contributed by atoms with Gasteiger partial charge in [-0.25, -0.2) is 0 Å². The lowest BCUT2D eigenvalue weighted by Crippen LogP contribution is -2.27. The van der Waals surface area contributed by atoms with Gasteiger partial charge >= 0.3 is 0 Å². The van der Waals surface area contributed by atoms with Gasteiger partial charge in [0.2, 0.25) is 11.6 Å². The van der Waals surface area contributed by atoms with Crippen molar-refractivity contribution in [1.82, 2.24) is 5.32 Å². The van der Waals surface area contributed by atoms with Crippen molar-refractivity contribution in [2.75, 3.05) is 21.3 Å². The summed E-state index contributed by atoms with van der Waals surface area (Å²) >= 11 is 5.93. The van der Waals surface area contributed by atoms with Crippen molar-refractivity contribution < 1.29 is 19.1 Å². The third kappa shape index (κ3) is 1.86. The predicted molar refractivity (Wildman–Crippen MR) is 70.1 cm³/mol. The largest absolute Gasteiger partial charge is 0.496 e. The maximum absolute atomic E-state index is 12.4. The smallest absolute Gasteiger partial charge is 0.215 e. The summed E-state index contributed by atoms with van der Waals surface area (Å²) in [5.74, 6) is -0.247. The van der Waals surface area contributed by atoms with E-state index in [4.69, 9.17) is 21.1 Å². The van der Waals surface area contributed by atoms with Crippen LogP contribution >= 0.6 is 11.6 Å². The lowest BCUT2D eigenvalue weighted by molar-refractivity contribution is 0.0970. The van der Waals surface area contributed by atoms with Crippen LogP contribution in [0.3, 0.4) is 0 Å². The molecular formula is C13H12ClNO4. The van der Waals surface area contributed by atoms with Crippen LogP contribution in [0.1, 0.15) is 20.7 Å². The van der Waals surface area contributed by atoms with Crippen molar-refractivity contribution in [3.63, 3.8) is 0 Å². The molecule has 0 bridgehead atoms. The standard InChI is InChI=1S/C13H12ClNO4/c1-15-11-10(14)12(16)8-6(18-2)4-5-7(19-3)9(8)13(11)17/h4-5,15H,1-3H3. The number of carbonyl (C=O) groups is 2. The highest BCUT2D eigenvalue weighted by Crippen LogP contribution is 2.38. The summed E-state index contributed by atoms with van der Waals surface area (Å²) in [5.41, 5.74) is 0.363.